The van der Waals surface area contributed by atoms with E-state index in [0.717, 1.165) is 35.1 Å². The number of sulfonamides is 1. The summed E-state index contributed by atoms with van der Waals surface area (Å²) in [5.41, 5.74) is 4.36. The van der Waals surface area contributed by atoms with Crippen LogP contribution < -0.4 is 10.0 Å². The van der Waals surface area contributed by atoms with Crippen LogP contribution in [0.3, 0.4) is 0 Å². The van der Waals surface area contributed by atoms with E-state index in [1.807, 2.05) is 31.2 Å². The van der Waals surface area contributed by atoms with Gasteiger partial charge < -0.3 is 5.32 Å². The van der Waals surface area contributed by atoms with Crippen molar-refractivity contribution in [2.75, 3.05) is 6.54 Å². The molecule has 0 radical (unpaired) electrons. The lowest BCUT2D eigenvalue weighted by Crippen LogP contribution is -2.25. The minimum atomic E-state index is -3.47. The van der Waals surface area contributed by atoms with Crippen molar-refractivity contribution in [2.45, 2.75) is 30.7 Å². The van der Waals surface area contributed by atoms with Crippen molar-refractivity contribution >= 4 is 27.1 Å². The van der Waals surface area contributed by atoms with E-state index >= 15 is 0 Å². The normalized spacial score (nSPS) is 17.5. The molecule has 1 fully saturated rings. The van der Waals surface area contributed by atoms with Crippen LogP contribution in [0.15, 0.2) is 53.4 Å². The number of rotatable bonds is 5. The first-order valence-corrected chi connectivity index (χ1v) is 10.1. The van der Waals surface area contributed by atoms with Crippen LogP contribution in [0.1, 0.15) is 29.5 Å². The van der Waals surface area contributed by atoms with Crippen LogP contribution in [0.4, 0.5) is 0 Å². The summed E-state index contributed by atoms with van der Waals surface area (Å²) >= 11 is 0. The average Bonchev–Trinajstić information content (AvgIpc) is 3.33. The lowest BCUT2D eigenvalue weighted by atomic mass is 9.96. The highest BCUT2D eigenvalue weighted by molar-refractivity contribution is 7.89. The molecule has 1 aliphatic heterocycles. The van der Waals surface area contributed by atoms with Gasteiger partial charge in [-0.15, -0.1) is 0 Å². The zero-order chi connectivity index (χ0) is 18.3. The molecule has 0 saturated heterocycles. The molecule has 6 heteroatoms. The van der Waals surface area contributed by atoms with Gasteiger partial charge in [0.2, 0.25) is 10.0 Å². The summed E-state index contributed by atoms with van der Waals surface area (Å²) in [7, 11) is -3.47. The predicted octanol–water partition coefficient (Wildman–Crippen LogP) is 2.48. The van der Waals surface area contributed by atoms with Crippen molar-refractivity contribution in [1.29, 1.82) is 0 Å². The maximum Gasteiger partial charge on any atom is 0.252 e. The number of nitrogens with one attached hydrogen (secondary N) is 2. The quantitative estimate of drug-likeness (QED) is 0.851. The molecule has 1 amide bonds. The number of hydrogen-bond acceptors (Lipinski definition) is 3. The van der Waals surface area contributed by atoms with Crippen molar-refractivity contribution < 1.29 is 13.2 Å². The first-order valence-electron chi connectivity index (χ1n) is 8.65. The maximum absolute atomic E-state index is 12.3. The fourth-order valence-corrected chi connectivity index (χ4v) is 4.46. The molecule has 1 saturated carbocycles. The SMILES string of the molecule is Cc1cccc(C2=C(c3ccc(S(=O)(=O)NC4CC4)cc3)CNC2=O)c1. The van der Waals surface area contributed by atoms with Gasteiger partial charge in [0.1, 0.15) is 0 Å². The van der Waals surface area contributed by atoms with Gasteiger partial charge in [-0.1, -0.05) is 42.0 Å². The van der Waals surface area contributed by atoms with Crippen LogP contribution in [0.2, 0.25) is 0 Å². The second-order valence-corrected chi connectivity index (χ2v) is 8.54. The second-order valence-electron chi connectivity index (χ2n) is 6.83. The van der Waals surface area contributed by atoms with E-state index in [-0.39, 0.29) is 16.8 Å². The van der Waals surface area contributed by atoms with Crippen molar-refractivity contribution in [3.63, 3.8) is 0 Å². The summed E-state index contributed by atoms with van der Waals surface area (Å²) in [5, 5.41) is 2.87. The monoisotopic (exact) mass is 368 g/mol. The number of carbonyl (C=O) groups excluding carboxylic acids is 1. The van der Waals surface area contributed by atoms with Crippen molar-refractivity contribution in [3.05, 3.63) is 65.2 Å². The molecule has 5 nitrogen and oxygen atoms in total. The van der Waals surface area contributed by atoms with E-state index in [9.17, 15) is 13.2 Å². The fourth-order valence-electron chi connectivity index (χ4n) is 3.16. The summed E-state index contributed by atoms with van der Waals surface area (Å²) in [4.78, 5) is 12.6. The molecule has 0 atom stereocenters. The van der Waals surface area contributed by atoms with Crippen molar-refractivity contribution in [3.8, 4) is 0 Å². The third-order valence-electron chi connectivity index (χ3n) is 4.67. The first kappa shape index (κ1) is 17.0. The Balaban J connectivity index is 1.70. The third kappa shape index (κ3) is 3.30. The van der Waals surface area contributed by atoms with Gasteiger partial charge in [-0.25, -0.2) is 13.1 Å². The van der Waals surface area contributed by atoms with E-state index in [1.165, 1.54) is 0 Å². The maximum atomic E-state index is 12.3. The highest BCUT2D eigenvalue weighted by atomic mass is 32.2. The Morgan fingerprint density at radius 1 is 1.04 bits per heavy atom. The van der Waals surface area contributed by atoms with Crippen molar-refractivity contribution in [2.24, 2.45) is 0 Å². The van der Waals surface area contributed by atoms with Gasteiger partial charge in [0, 0.05) is 12.6 Å². The number of amides is 1. The van der Waals surface area contributed by atoms with E-state index in [2.05, 4.69) is 10.0 Å². The molecule has 2 N–H and O–H groups in total. The standard InChI is InChI=1S/C20H20N2O3S/c1-13-3-2-4-15(11-13)19-18(12-21-20(19)23)14-5-9-17(10-6-14)26(24,25)22-16-7-8-16/h2-6,9-11,16,22H,7-8,12H2,1H3,(H,21,23). The zero-order valence-corrected chi connectivity index (χ0v) is 15.3. The molecule has 4 rings (SSSR count). The van der Waals surface area contributed by atoms with Gasteiger partial charge in [-0.3, -0.25) is 4.79 Å². The number of hydrogen-bond donors (Lipinski definition) is 2. The molecule has 26 heavy (non-hydrogen) atoms. The van der Waals surface area contributed by atoms with Gasteiger partial charge in [0.25, 0.3) is 5.91 Å². The minimum Gasteiger partial charge on any atom is -0.348 e. The Morgan fingerprint density at radius 3 is 2.42 bits per heavy atom. The fraction of sp³-hybridized carbons (Fsp3) is 0.250. The van der Waals surface area contributed by atoms with E-state index < -0.39 is 10.0 Å². The van der Waals surface area contributed by atoms with Crippen LogP contribution in [-0.2, 0) is 14.8 Å². The van der Waals surface area contributed by atoms with E-state index in [4.69, 9.17) is 0 Å². The first-order chi connectivity index (χ1) is 12.4. The topological polar surface area (TPSA) is 75.3 Å². The van der Waals surface area contributed by atoms with E-state index in [1.54, 1.807) is 24.3 Å². The third-order valence-corrected chi connectivity index (χ3v) is 6.21. The minimum absolute atomic E-state index is 0.0759. The average molecular weight is 368 g/mol. The summed E-state index contributed by atoms with van der Waals surface area (Å²) in [6.45, 7) is 2.43. The molecule has 0 bridgehead atoms. The highest BCUT2D eigenvalue weighted by Crippen LogP contribution is 2.31. The Hall–Kier alpha value is -2.44. The molecule has 1 aliphatic carbocycles. The summed E-state index contributed by atoms with van der Waals surface area (Å²) in [5.74, 6) is -0.0994. The van der Waals surface area contributed by atoms with Gasteiger partial charge >= 0.3 is 0 Å². The highest BCUT2D eigenvalue weighted by Gasteiger charge is 2.28. The van der Waals surface area contributed by atoms with Crippen LogP contribution >= 0.6 is 0 Å². The lowest BCUT2D eigenvalue weighted by molar-refractivity contribution is -0.114. The summed E-state index contributed by atoms with van der Waals surface area (Å²) < 4.78 is 27.3. The Morgan fingerprint density at radius 2 is 1.77 bits per heavy atom. The van der Waals surface area contributed by atoms with Crippen LogP contribution in [-0.4, -0.2) is 26.9 Å². The molecule has 2 aliphatic rings. The van der Waals surface area contributed by atoms with Gasteiger partial charge in [-0.05, 0) is 48.6 Å². The van der Waals surface area contributed by atoms with Crippen LogP contribution in [0, 0.1) is 6.92 Å². The molecule has 0 aromatic heterocycles. The Labute approximate surface area is 153 Å². The van der Waals surface area contributed by atoms with Crippen LogP contribution in [0.5, 0.6) is 0 Å². The molecule has 0 spiro atoms. The predicted molar refractivity (Wildman–Crippen MR) is 101 cm³/mol. The lowest BCUT2D eigenvalue weighted by Gasteiger charge is -2.09. The Bertz CT molecular complexity index is 1000. The summed E-state index contributed by atoms with van der Waals surface area (Å²) in [6, 6.07) is 14.6. The van der Waals surface area contributed by atoms with Crippen LogP contribution in [0.25, 0.3) is 11.1 Å². The molecular weight excluding hydrogens is 348 g/mol. The van der Waals surface area contributed by atoms with Crippen molar-refractivity contribution in [1.82, 2.24) is 10.0 Å². The smallest absolute Gasteiger partial charge is 0.252 e. The molecule has 1 heterocycles. The van der Waals surface area contributed by atoms with Gasteiger partial charge in [0.15, 0.2) is 0 Å². The van der Waals surface area contributed by atoms with Gasteiger partial charge in [0.05, 0.1) is 10.5 Å². The Kier molecular flexibility index (Phi) is 4.17. The number of benzene rings is 2. The number of aryl methyl sites for hydroxylation is 1. The molecular formula is C20H20N2O3S. The summed E-state index contributed by atoms with van der Waals surface area (Å²) in [6.07, 6.45) is 1.80. The largest absolute Gasteiger partial charge is 0.348 e. The number of carbonyl (C=O) groups is 1. The molecule has 2 aromatic carbocycles. The zero-order valence-electron chi connectivity index (χ0n) is 14.5. The van der Waals surface area contributed by atoms with Gasteiger partial charge in [-0.2, -0.15) is 0 Å². The molecule has 2 aromatic rings. The molecule has 134 valence electrons. The second kappa shape index (κ2) is 6.37. The van der Waals surface area contributed by atoms with E-state index in [0.29, 0.717) is 12.1 Å². The molecule has 0 unspecified atom stereocenters.